The molecule has 4 bridgehead atoms. The molecule has 0 saturated carbocycles. The topological polar surface area (TPSA) is 245 Å². The summed E-state index contributed by atoms with van der Waals surface area (Å²) < 4.78 is 28.0. The Morgan fingerprint density at radius 3 is 2.09 bits per heavy atom. The van der Waals surface area contributed by atoms with Gasteiger partial charge in [-0.1, -0.05) is 39.0 Å². The highest BCUT2D eigenvalue weighted by molar-refractivity contribution is 6.21. The summed E-state index contributed by atoms with van der Waals surface area (Å²) in [4.78, 5) is 65.7. The van der Waals surface area contributed by atoms with Gasteiger partial charge in [0.1, 0.15) is 34.9 Å². The van der Waals surface area contributed by atoms with Crippen molar-refractivity contribution in [3.05, 3.63) is 69.2 Å². The minimum Gasteiger partial charge on any atom is -0.505 e. The van der Waals surface area contributed by atoms with Crippen molar-refractivity contribution in [2.75, 3.05) is 19.2 Å². The Balaban J connectivity index is 2.08. The fraction of sp³-hybridized carbons (Fsp3) is 0.500. The summed E-state index contributed by atoms with van der Waals surface area (Å²) >= 11 is 0. The van der Waals surface area contributed by atoms with E-state index >= 15 is 0 Å². The van der Waals surface area contributed by atoms with E-state index in [1.807, 2.05) is 0 Å². The summed E-state index contributed by atoms with van der Waals surface area (Å²) in [6.07, 6.45) is -0.755. The second-order valence-electron chi connectivity index (χ2n) is 15.3. The van der Waals surface area contributed by atoms with Crippen molar-refractivity contribution < 1.29 is 73.2 Å². The van der Waals surface area contributed by atoms with Crippen molar-refractivity contribution >= 4 is 40.9 Å². The lowest BCUT2D eigenvalue weighted by molar-refractivity contribution is -0.171. The molecule has 0 unspecified atom stereocenters. The third kappa shape index (κ3) is 8.74. The minimum absolute atomic E-state index is 0.00899. The molecular weight excluding hydrogens is 758 g/mol. The average molecular weight is 812 g/mol. The summed E-state index contributed by atoms with van der Waals surface area (Å²) in [7, 11) is 1.05. The van der Waals surface area contributed by atoms with Gasteiger partial charge in [0.25, 0.3) is 5.91 Å². The number of anilines is 1. The zero-order chi connectivity index (χ0) is 43.7. The van der Waals surface area contributed by atoms with Gasteiger partial charge >= 0.3 is 17.9 Å². The molecule has 3 heterocycles. The molecule has 1 amide bonds. The summed E-state index contributed by atoms with van der Waals surface area (Å²) in [6, 6.07) is 0. The van der Waals surface area contributed by atoms with E-state index in [4.69, 9.17) is 23.7 Å². The van der Waals surface area contributed by atoms with Crippen molar-refractivity contribution in [1.29, 1.82) is 0 Å². The van der Waals surface area contributed by atoms with Crippen molar-refractivity contribution in [3.63, 3.8) is 0 Å². The van der Waals surface area contributed by atoms with Gasteiger partial charge in [0, 0.05) is 53.9 Å². The Hall–Kier alpha value is -5.29. The molecule has 1 aliphatic carbocycles. The number of carbonyl (C=O) groups is 5. The number of aromatic hydroxyl groups is 1. The number of amides is 1. The number of carbonyl (C=O) groups excluding carboxylic acids is 5. The van der Waals surface area contributed by atoms with E-state index in [2.05, 4.69) is 5.32 Å². The van der Waals surface area contributed by atoms with E-state index in [1.54, 1.807) is 13.0 Å². The van der Waals surface area contributed by atoms with Crippen molar-refractivity contribution in [3.8, 4) is 11.5 Å². The third-order valence-corrected chi connectivity index (χ3v) is 10.9. The van der Waals surface area contributed by atoms with Crippen LogP contribution in [0.25, 0.3) is 5.57 Å². The number of ketones is 1. The van der Waals surface area contributed by atoms with Gasteiger partial charge in [0.2, 0.25) is 6.79 Å². The number of hydrogen-bond acceptors (Lipinski definition) is 15. The van der Waals surface area contributed by atoms with Gasteiger partial charge in [0.05, 0.1) is 42.2 Å². The average Bonchev–Trinajstić information content (AvgIpc) is 3.16. The number of aliphatic hydroxyl groups is 4. The maximum Gasteiger partial charge on any atom is 0.313 e. The van der Waals surface area contributed by atoms with Crippen LogP contribution in [0.2, 0.25) is 0 Å². The smallest absolute Gasteiger partial charge is 0.313 e. The predicted octanol–water partition coefficient (Wildman–Crippen LogP) is 3.68. The van der Waals surface area contributed by atoms with Crippen molar-refractivity contribution in [2.24, 2.45) is 23.7 Å². The first kappa shape index (κ1) is 45.4. The molecule has 3 aliphatic heterocycles. The van der Waals surface area contributed by atoms with Crippen LogP contribution in [0.4, 0.5) is 5.69 Å². The number of hydrogen-bond donors (Lipinski definition) is 6. The Morgan fingerprint density at radius 1 is 0.897 bits per heavy atom. The normalized spacial score (nSPS) is 29.7. The highest BCUT2D eigenvalue weighted by Gasteiger charge is 2.48. The van der Waals surface area contributed by atoms with Gasteiger partial charge in [-0.2, -0.15) is 0 Å². The van der Waals surface area contributed by atoms with Gasteiger partial charge in [-0.05, 0) is 46.3 Å². The molecule has 0 fully saturated rings. The lowest BCUT2D eigenvalue weighted by Crippen LogP contribution is -2.53. The van der Waals surface area contributed by atoms with Crippen LogP contribution in [-0.4, -0.2) is 99.1 Å². The molecule has 0 spiro atoms. The largest absolute Gasteiger partial charge is 0.505 e. The molecule has 6 N–H and O–H groups in total. The lowest BCUT2D eigenvalue weighted by atomic mass is 9.75. The number of aliphatic hydroxyl groups excluding tert-OH is 3. The third-order valence-electron chi connectivity index (χ3n) is 10.9. The fourth-order valence-electron chi connectivity index (χ4n) is 7.67. The second-order valence-corrected chi connectivity index (χ2v) is 15.3. The minimum atomic E-state index is -2.20. The van der Waals surface area contributed by atoms with Crippen LogP contribution in [0, 0.1) is 30.6 Å². The van der Waals surface area contributed by atoms with E-state index in [-0.39, 0.29) is 61.9 Å². The lowest BCUT2D eigenvalue weighted by Gasteiger charge is -2.39. The molecule has 16 nitrogen and oxygen atoms in total. The van der Waals surface area contributed by atoms with Crippen LogP contribution in [0.3, 0.4) is 0 Å². The Kier molecular flexibility index (Phi) is 13.8. The number of benzene rings is 1. The Labute approximate surface area is 336 Å². The number of Topliss-reactive ketones (excluding diaryl/α,β-unsaturated/α-hetero) is 1. The Bertz CT molecular complexity index is 2040. The molecule has 1 aromatic rings. The molecule has 16 heteroatoms. The zero-order valence-corrected chi connectivity index (χ0v) is 34.5. The highest BCUT2D eigenvalue weighted by atomic mass is 16.7. The molecule has 9 atom stereocenters. The van der Waals surface area contributed by atoms with E-state index in [9.17, 15) is 49.5 Å². The fourth-order valence-corrected chi connectivity index (χ4v) is 7.67. The number of rotatable bonds is 3. The number of allylic oxidation sites excluding steroid dienone is 5. The van der Waals surface area contributed by atoms with Crippen LogP contribution >= 0.6 is 0 Å². The summed E-state index contributed by atoms with van der Waals surface area (Å²) in [5.41, 5.74) is -2.47. The Morgan fingerprint density at radius 2 is 1.50 bits per heavy atom. The molecule has 0 radical (unpaired) electrons. The van der Waals surface area contributed by atoms with E-state index in [0.29, 0.717) is 0 Å². The number of phenolic OH excluding ortho intramolecular Hbond substituents is 1. The van der Waals surface area contributed by atoms with E-state index in [0.717, 1.165) is 21.0 Å². The number of methoxy groups -OCH3 is 1. The van der Waals surface area contributed by atoms with E-state index in [1.165, 1.54) is 66.7 Å². The molecule has 58 heavy (non-hydrogen) atoms. The van der Waals surface area contributed by atoms with Gasteiger partial charge in [-0.25, -0.2) is 0 Å². The zero-order valence-electron chi connectivity index (χ0n) is 34.5. The number of nitrogens with one attached hydrogen (secondary N) is 1. The first-order chi connectivity index (χ1) is 27.0. The van der Waals surface area contributed by atoms with Crippen LogP contribution in [0.1, 0.15) is 83.8 Å². The van der Waals surface area contributed by atoms with Gasteiger partial charge < -0.3 is 54.5 Å². The standard InChI is InChI=1S/C42H53NO15/c1-17-13-12-14-18(2)40(51)43-30-20(4)38(58-25(9)45)26-27(34(30)49)31(46)22(6)37-28(26)36(55-16-56-37)19(3)15-42(10,53)39(50)23(7)33(48)29(41(52)54-11)32(47)21(5)35(17)57-24(8)44/h12-15,17,21,23,29,32-33,35,39,47-50,53H,16H2,1-11H3,(H,43,51)/t17-,21-,23-,29-,32+,33+,35+,39+,42+/m0/s1. The summed E-state index contributed by atoms with van der Waals surface area (Å²) in [6.45, 7) is 13.5. The molecule has 1 aromatic carbocycles. The quantitative estimate of drug-likeness (QED) is 0.145. The van der Waals surface area contributed by atoms with E-state index < -0.39 is 95.8 Å². The van der Waals surface area contributed by atoms with Crippen molar-refractivity contribution in [2.45, 2.75) is 99.3 Å². The van der Waals surface area contributed by atoms with Crippen LogP contribution < -0.4 is 10.1 Å². The number of ether oxygens (including phenoxy) is 5. The molecule has 0 aromatic heterocycles. The van der Waals surface area contributed by atoms with Crippen LogP contribution in [-0.2, 0) is 38.1 Å². The van der Waals surface area contributed by atoms with Crippen molar-refractivity contribution in [1.82, 2.24) is 0 Å². The number of esters is 3. The monoisotopic (exact) mass is 811 g/mol. The van der Waals surface area contributed by atoms with Crippen LogP contribution in [0.5, 0.6) is 11.5 Å². The first-order valence-corrected chi connectivity index (χ1v) is 18.7. The second kappa shape index (κ2) is 17.7. The molecule has 5 rings (SSSR count). The molecule has 0 saturated heterocycles. The molecule has 4 aliphatic rings. The van der Waals surface area contributed by atoms with Gasteiger partial charge in [-0.3, -0.25) is 24.0 Å². The maximum absolute atomic E-state index is 14.0. The summed E-state index contributed by atoms with van der Waals surface area (Å²) in [5, 5.41) is 61.2. The SMILES string of the molecule is COC(=O)[C@H]1[C@H](O)[C@H](C)[C@H](OC(C)=O)[C@@H](C)C=CC=C(C)C(=O)Nc2c(C)c(OC(C)=O)c3c(c2O)C(=O)C(C)=C2OCOC(=C23)C(C)=C[C@@](C)(O)[C@H](O)[C@@H](C)[C@H]1O. The maximum atomic E-state index is 14.0. The van der Waals surface area contributed by atoms with Crippen LogP contribution in [0.15, 0.2) is 52.5 Å². The van der Waals surface area contributed by atoms with Gasteiger partial charge in [0.15, 0.2) is 11.5 Å². The highest BCUT2D eigenvalue weighted by Crippen LogP contribution is 2.53. The summed E-state index contributed by atoms with van der Waals surface area (Å²) in [5.74, 6) is -9.54. The first-order valence-electron chi connectivity index (χ1n) is 18.7. The van der Waals surface area contributed by atoms with Gasteiger partial charge in [-0.15, -0.1) is 0 Å². The number of fused-ring (bicyclic) bond motifs is 14. The predicted molar refractivity (Wildman–Crippen MR) is 208 cm³/mol. The molecule has 316 valence electrons. The molecular formula is C42H53NO15. The number of phenols is 1.